The molecule has 8 heteroatoms. The van der Waals surface area contributed by atoms with Crippen molar-refractivity contribution in [2.45, 2.75) is 44.0 Å². The largest absolute Gasteiger partial charge is 0.357 e. The first-order valence-electron chi connectivity index (χ1n) is 9.11. The van der Waals surface area contributed by atoms with Crippen molar-refractivity contribution in [1.29, 1.82) is 0 Å². The van der Waals surface area contributed by atoms with Gasteiger partial charge in [0.25, 0.3) is 0 Å². The van der Waals surface area contributed by atoms with Crippen LogP contribution in [-0.4, -0.2) is 50.8 Å². The molecule has 2 unspecified atom stereocenters. The molecule has 0 amide bonds. The summed E-state index contributed by atoms with van der Waals surface area (Å²) < 4.78 is 26.9. The number of guanidine groups is 1. The molecule has 3 N–H and O–H groups in total. The van der Waals surface area contributed by atoms with Gasteiger partial charge in [-0.25, -0.2) is 13.1 Å². The van der Waals surface area contributed by atoms with E-state index in [9.17, 15) is 8.42 Å². The third-order valence-corrected chi connectivity index (χ3v) is 6.77. The molecule has 1 fully saturated rings. The van der Waals surface area contributed by atoms with Crippen molar-refractivity contribution < 1.29 is 8.42 Å². The molecule has 0 saturated heterocycles. The molecule has 1 aliphatic rings. The summed E-state index contributed by atoms with van der Waals surface area (Å²) in [5.41, 5.74) is 0.944. The molecule has 146 valence electrons. The molecule has 26 heavy (non-hydrogen) atoms. The molecule has 0 spiro atoms. The number of rotatable bonds is 9. The zero-order chi connectivity index (χ0) is 18.8. The van der Waals surface area contributed by atoms with Gasteiger partial charge < -0.3 is 10.6 Å². The maximum atomic E-state index is 12.1. The highest BCUT2D eigenvalue weighted by atomic mass is 32.2. The van der Waals surface area contributed by atoms with E-state index < -0.39 is 10.0 Å². The molecule has 1 aliphatic carbocycles. The topological polar surface area (TPSA) is 82.6 Å². The fourth-order valence-corrected chi connectivity index (χ4v) is 4.60. The van der Waals surface area contributed by atoms with Gasteiger partial charge in [-0.05, 0) is 38.0 Å². The van der Waals surface area contributed by atoms with E-state index in [0.29, 0.717) is 23.8 Å². The maximum absolute atomic E-state index is 12.1. The van der Waals surface area contributed by atoms with Crippen LogP contribution in [0.5, 0.6) is 0 Å². The predicted octanol–water partition coefficient (Wildman–Crippen LogP) is 1.95. The Kier molecular flexibility index (Phi) is 8.74. The van der Waals surface area contributed by atoms with Crippen LogP contribution in [0.4, 0.5) is 0 Å². The van der Waals surface area contributed by atoms with E-state index in [1.807, 2.05) is 49.0 Å². The summed E-state index contributed by atoms with van der Waals surface area (Å²) in [5, 5.41) is 7.35. The van der Waals surface area contributed by atoms with Gasteiger partial charge in [0, 0.05) is 24.4 Å². The van der Waals surface area contributed by atoms with Crippen LogP contribution in [0.3, 0.4) is 0 Å². The average molecular weight is 399 g/mol. The van der Waals surface area contributed by atoms with Crippen LogP contribution < -0.4 is 15.4 Å². The number of benzene rings is 1. The van der Waals surface area contributed by atoms with Crippen LogP contribution >= 0.6 is 11.8 Å². The van der Waals surface area contributed by atoms with E-state index in [4.69, 9.17) is 0 Å². The molecule has 1 aromatic rings. The number of aliphatic imine (C=N–C) groups is 1. The quantitative estimate of drug-likeness (QED) is 0.437. The lowest BCUT2D eigenvalue weighted by Crippen LogP contribution is -2.43. The van der Waals surface area contributed by atoms with E-state index >= 15 is 0 Å². The minimum absolute atomic E-state index is 0.0193. The Morgan fingerprint density at radius 1 is 1.27 bits per heavy atom. The first kappa shape index (κ1) is 21.1. The summed E-state index contributed by atoms with van der Waals surface area (Å²) in [7, 11) is -3.35. The number of nitrogens with zero attached hydrogens (tertiary/aromatic N) is 1. The molecule has 0 heterocycles. The molecular formula is C18H30N4O2S2. The standard InChI is InChI=1S/C18H30N4O2S2/c1-3-19-18(22-16-9-10-17(13-16)25-2)20-11-12-26(23,24)21-14-15-7-5-4-6-8-15/h4-8,16-17,21H,3,9-14H2,1-2H3,(H2,19,20,22). The Bertz CT molecular complexity index is 665. The maximum Gasteiger partial charge on any atom is 0.213 e. The highest BCUT2D eigenvalue weighted by molar-refractivity contribution is 7.99. The normalized spacial score (nSPS) is 20.9. The lowest BCUT2D eigenvalue weighted by molar-refractivity contribution is 0.580. The van der Waals surface area contributed by atoms with Gasteiger partial charge in [-0.15, -0.1) is 0 Å². The SMILES string of the molecule is CCNC(=NCCS(=O)(=O)NCc1ccccc1)NC1CCC(SC)C1. The van der Waals surface area contributed by atoms with E-state index in [1.54, 1.807) is 0 Å². The minimum Gasteiger partial charge on any atom is -0.357 e. The van der Waals surface area contributed by atoms with Gasteiger partial charge in [0.2, 0.25) is 10.0 Å². The molecule has 2 rings (SSSR count). The first-order valence-corrected chi connectivity index (χ1v) is 12.1. The lowest BCUT2D eigenvalue weighted by Gasteiger charge is -2.17. The Morgan fingerprint density at radius 3 is 2.69 bits per heavy atom. The van der Waals surface area contributed by atoms with Gasteiger partial charge >= 0.3 is 0 Å². The second-order valence-corrected chi connectivity index (χ2v) is 9.46. The van der Waals surface area contributed by atoms with Crippen molar-refractivity contribution in [2.24, 2.45) is 4.99 Å². The van der Waals surface area contributed by atoms with Gasteiger partial charge in [-0.1, -0.05) is 30.3 Å². The zero-order valence-corrected chi connectivity index (χ0v) is 17.2. The van der Waals surface area contributed by atoms with Crippen LogP contribution in [0.1, 0.15) is 31.7 Å². The van der Waals surface area contributed by atoms with Crippen molar-refractivity contribution in [1.82, 2.24) is 15.4 Å². The number of hydrogen-bond donors (Lipinski definition) is 3. The van der Waals surface area contributed by atoms with Crippen LogP contribution in [0.25, 0.3) is 0 Å². The van der Waals surface area contributed by atoms with E-state index in [1.165, 1.54) is 6.42 Å². The fourth-order valence-electron chi connectivity index (χ4n) is 2.94. The van der Waals surface area contributed by atoms with Crippen molar-refractivity contribution in [2.75, 3.05) is 25.1 Å². The average Bonchev–Trinajstić information content (AvgIpc) is 3.09. The van der Waals surface area contributed by atoms with Gasteiger partial charge in [0.05, 0.1) is 12.3 Å². The smallest absolute Gasteiger partial charge is 0.213 e. The first-order chi connectivity index (χ1) is 12.5. The van der Waals surface area contributed by atoms with E-state index in [-0.39, 0.29) is 12.3 Å². The van der Waals surface area contributed by atoms with Gasteiger partial charge in [0.15, 0.2) is 5.96 Å². The second kappa shape index (κ2) is 10.8. The Labute approximate surface area is 161 Å². The number of nitrogens with one attached hydrogen (secondary N) is 3. The summed E-state index contributed by atoms with van der Waals surface area (Å²) in [6.45, 7) is 3.31. The van der Waals surface area contributed by atoms with Crippen molar-refractivity contribution in [3.8, 4) is 0 Å². The van der Waals surface area contributed by atoms with Crippen molar-refractivity contribution in [3.63, 3.8) is 0 Å². The molecule has 6 nitrogen and oxygen atoms in total. The van der Waals surface area contributed by atoms with E-state index in [2.05, 4.69) is 26.6 Å². The number of sulfonamides is 1. The van der Waals surface area contributed by atoms with Crippen molar-refractivity contribution in [3.05, 3.63) is 35.9 Å². The minimum atomic E-state index is -3.35. The third kappa shape index (κ3) is 7.55. The van der Waals surface area contributed by atoms with Crippen LogP contribution in [0.15, 0.2) is 35.3 Å². The van der Waals surface area contributed by atoms with Crippen molar-refractivity contribution >= 4 is 27.7 Å². The lowest BCUT2D eigenvalue weighted by atomic mass is 10.2. The number of hydrogen-bond acceptors (Lipinski definition) is 4. The number of thioether (sulfide) groups is 1. The highest BCUT2D eigenvalue weighted by Crippen LogP contribution is 2.27. The second-order valence-electron chi connectivity index (χ2n) is 6.40. The summed E-state index contributed by atoms with van der Waals surface area (Å²) >= 11 is 1.91. The molecular weight excluding hydrogens is 368 g/mol. The predicted molar refractivity (Wildman–Crippen MR) is 111 cm³/mol. The molecule has 0 aromatic heterocycles. The Hall–Kier alpha value is -1.25. The molecule has 2 atom stereocenters. The molecule has 1 saturated carbocycles. The zero-order valence-electron chi connectivity index (χ0n) is 15.6. The molecule has 0 aliphatic heterocycles. The van der Waals surface area contributed by atoms with Gasteiger partial charge in [-0.3, -0.25) is 4.99 Å². The van der Waals surface area contributed by atoms with Gasteiger partial charge in [-0.2, -0.15) is 11.8 Å². The van der Waals surface area contributed by atoms with Crippen LogP contribution in [0.2, 0.25) is 0 Å². The third-order valence-electron chi connectivity index (χ3n) is 4.37. The summed E-state index contributed by atoms with van der Waals surface area (Å²) in [6.07, 6.45) is 5.63. The Balaban J connectivity index is 1.80. The van der Waals surface area contributed by atoms with Gasteiger partial charge in [0.1, 0.15) is 0 Å². The molecule has 1 aromatic carbocycles. The summed E-state index contributed by atoms with van der Waals surface area (Å²) in [5.74, 6) is 0.687. The summed E-state index contributed by atoms with van der Waals surface area (Å²) in [4.78, 5) is 4.44. The van der Waals surface area contributed by atoms with Crippen LogP contribution in [-0.2, 0) is 16.6 Å². The fraction of sp³-hybridized carbons (Fsp3) is 0.611. The van der Waals surface area contributed by atoms with Crippen LogP contribution in [0, 0.1) is 0 Å². The highest BCUT2D eigenvalue weighted by Gasteiger charge is 2.24. The van der Waals surface area contributed by atoms with E-state index in [0.717, 1.165) is 24.9 Å². The monoisotopic (exact) mass is 398 g/mol. The molecule has 0 radical (unpaired) electrons. The summed E-state index contributed by atoms with van der Waals surface area (Å²) in [6, 6.07) is 9.92. The Morgan fingerprint density at radius 2 is 2.04 bits per heavy atom. The molecule has 0 bridgehead atoms.